The second-order valence-electron chi connectivity index (χ2n) is 4.43. The number of Topliss-reactive ketones (excluding diaryl/α,β-unsaturated/α-hetero) is 3. The van der Waals surface area contributed by atoms with E-state index in [1.807, 2.05) is 0 Å². The molecule has 2 unspecified atom stereocenters. The van der Waals surface area contributed by atoms with Crippen LogP contribution in [-0.2, 0) is 23.9 Å². The number of rotatable bonds is 7. The van der Waals surface area contributed by atoms with Crippen LogP contribution in [-0.4, -0.2) is 57.1 Å². The molecule has 0 amide bonds. The molecule has 0 fully saturated rings. The average molecular weight is 290 g/mol. The zero-order valence-corrected chi connectivity index (χ0v) is 11.6. The lowest BCUT2D eigenvalue weighted by Crippen LogP contribution is -2.52. The first-order chi connectivity index (χ1) is 8.99. The van der Waals surface area contributed by atoms with Crippen molar-refractivity contribution in [2.75, 3.05) is 0 Å². The first-order valence-electron chi connectivity index (χ1n) is 5.77. The Hall–Kier alpha value is -1.64. The number of carbonyl (C=O) groups excluding carboxylic acids is 4. The quantitative estimate of drug-likeness (QED) is 0.288. The minimum absolute atomic E-state index is 0.895. The molecule has 0 aliphatic carbocycles. The maximum absolute atomic E-state index is 12.0. The van der Waals surface area contributed by atoms with Crippen LogP contribution in [0.25, 0.3) is 0 Å². The van der Waals surface area contributed by atoms with E-state index in [1.54, 1.807) is 0 Å². The van der Waals surface area contributed by atoms with Crippen molar-refractivity contribution in [3.05, 3.63) is 0 Å². The largest absolute Gasteiger partial charge is 0.458 e. The minimum atomic E-state index is -2.59. The van der Waals surface area contributed by atoms with Crippen molar-refractivity contribution in [2.24, 2.45) is 5.41 Å². The second kappa shape index (κ2) is 6.69. The summed E-state index contributed by atoms with van der Waals surface area (Å²) in [6.07, 6.45) is -5.46. The molecule has 8 nitrogen and oxygen atoms in total. The highest BCUT2D eigenvalue weighted by molar-refractivity contribution is 6.36. The molecule has 0 heterocycles. The third-order valence-corrected chi connectivity index (χ3v) is 2.97. The summed E-state index contributed by atoms with van der Waals surface area (Å²) in [7, 11) is 0. The Morgan fingerprint density at radius 3 is 1.50 bits per heavy atom. The number of ether oxygens (including phenoxy) is 1. The molecule has 8 heteroatoms. The topological polar surface area (TPSA) is 138 Å². The van der Waals surface area contributed by atoms with Gasteiger partial charge in [0, 0.05) is 0 Å². The molecule has 2 atom stereocenters. The monoisotopic (exact) mass is 290 g/mol. The van der Waals surface area contributed by atoms with Gasteiger partial charge < -0.3 is 20.1 Å². The molecule has 0 spiro atoms. The van der Waals surface area contributed by atoms with Crippen LogP contribution >= 0.6 is 0 Å². The Morgan fingerprint density at radius 2 is 1.25 bits per heavy atom. The van der Waals surface area contributed by atoms with Gasteiger partial charge in [0.1, 0.15) is 12.2 Å². The van der Waals surface area contributed by atoms with E-state index in [-0.39, 0.29) is 0 Å². The van der Waals surface area contributed by atoms with Crippen LogP contribution in [0, 0.1) is 5.41 Å². The van der Waals surface area contributed by atoms with E-state index in [4.69, 9.17) is 10.2 Å². The molecule has 0 saturated carbocycles. The molecule has 114 valence electrons. The summed E-state index contributed by atoms with van der Waals surface area (Å²) in [6, 6.07) is 0. The van der Waals surface area contributed by atoms with Gasteiger partial charge in [0.25, 0.3) is 0 Å². The highest BCUT2D eigenvalue weighted by Crippen LogP contribution is 2.25. The minimum Gasteiger partial charge on any atom is -0.458 e. The van der Waals surface area contributed by atoms with Gasteiger partial charge in [0.2, 0.25) is 5.41 Å². The zero-order chi connectivity index (χ0) is 16.2. The van der Waals surface area contributed by atoms with Crippen LogP contribution in [0.2, 0.25) is 0 Å². The van der Waals surface area contributed by atoms with E-state index in [0.29, 0.717) is 0 Å². The van der Waals surface area contributed by atoms with Gasteiger partial charge in [0.05, 0.1) is 0 Å². The lowest BCUT2D eigenvalue weighted by molar-refractivity contribution is -0.187. The maximum Gasteiger partial charge on any atom is 0.335 e. The predicted molar refractivity (Wildman–Crippen MR) is 64.3 cm³/mol. The third kappa shape index (κ3) is 3.27. The van der Waals surface area contributed by atoms with E-state index in [1.165, 1.54) is 0 Å². The van der Waals surface area contributed by atoms with E-state index < -0.39 is 47.2 Å². The SMILES string of the molecule is CC(=O)C(C(C)=O)(C(C)=O)C(=O)OC(C)C(O)C(O)O. The molecule has 0 aromatic rings. The highest BCUT2D eigenvalue weighted by atomic mass is 16.6. The van der Waals surface area contributed by atoms with Gasteiger partial charge in [-0.05, 0) is 27.7 Å². The lowest BCUT2D eigenvalue weighted by atomic mass is 9.77. The molecule has 0 radical (unpaired) electrons. The van der Waals surface area contributed by atoms with Crippen LogP contribution in [0.1, 0.15) is 27.7 Å². The van der Waals surface area contributed by atoms with Crippen LogP contribution in [0.4, 0.5) is 0 Å². The molecule has 0 rings (SSSR count). The number of aliphatic hydroxyl groups is 3. The molecule has 0 aliphatic heterocycles. The van der Waals surface area contributed by atoms with Gasteiger partial charge >= 0.3 is 5.97 Å². The molecule has 0 bridgehead atoms. The number of hydrogen-bond acceptors (Lipinski definition) is 8. The number of aliphatic hydroxyl groups excluding tert-OH is 2. The van der Waals surface area contributed by atoms with Crippen molar-refractivity contribution in [3.8, 4) is 0 Å². The predicted octanol–water partition coefficient (Wildman–Crippen LogP) is -1.66. The fourth-order valence-corrected chi connectivity index (χ4v) is 1.74. The summed E-state index contributed by atoms with van der Waals surface area (Å²) in [5.74, 6) is -4.46. The van der Waals surface area contributed by atoms with Crippen molar-refractivity contribution in [1.29, 1.82) is 0 Å². The van der Waals surface area contributed by atoms with Crippen LogP contribution in [0.3, 0.4) is 0 Å². The fraction of sp³-hybridized carbons (Fsp3) is 0.667. The van der Waals surface area contributed by atoms with Crippen LogP contribution in [0.15, 0.2) is 0 Å². The fourth-order valence-electron chi connectivity index (χ4n) is 1.74. The number of ketones is 3. The first-order valence-corrected chi connectivity index (χ1v) is 5.77. The number of carbonyl (C=O) groups is 4. The van der Waals surface area contributed by atoms with Gasteiger partial charge in [-0.1, -0.05) is 0 Å². The van der Waals surface area contributed by atoms with E-state index in [2.05, 4.69) is 4.74 Å². The second-order valence-corrected chi connectivity index (χ2v) is 4.43. The Kier molecular flexibility index (Phi) is 6.14. The molecule has 3 N–H and O–H groups in total. The van der Waals surface area contributed by atoms with Crippen molar-refractivity contribution < 1.29 is 39.2 Å². The van der Waals surface area contributed by atoms with Crippen molar-refractivity contribution in [1.82, 2.24) is 0 Å². The average Bonchev–Trinajstić information content (AvgIpc) is 2.26. The van der Waals surface area contributed by atoms with Gasteiger partial charge in [-0.2, -0.15) is 0 Å². The summed E-state index contributed by atoms with van der Waals surface area (Å²) in [5, 5.41) is 26.8. The Labute approximate surface area is 115 Å². The molecule has 20 heavy (non-hydrogen) atoms. The third-order valence-electron chi connectivity index (χ3n) is 2.97. The van der Waals surface area contributed by atoms with Crippen LogP contribution < -0.4 is 0 Å². The summed E-state index contributed by atoms with van der Waals surface area (Å²) < 4.78 is 4.65. The summed E-state index contributed by atoms with van der Waals surface area (Å²) in [5.41, 5.74) is -2.59. The van der Waals surface area contributed by atoms with Crippen molar-refractivity contribution >= 4 is 23.3 Å². The number of esters is 1. The summed E-state index contributed by atoms with van der Waals surface area (Å²) >= 11 is 0. The molecule has 0 aromatic carbocycles. The summed E-state index contributed by atoms with van der Waals surface area (Å²) in [6.45, 7) is 3.80. The van der Waals surface area contributed by atoms with E-state index in [9.17, 15) is 24.3 Å². The van der Waals surface area contributed by atoms with Crippen molar-refractivity contribution in [2.45, 2.75) is 46.2 Å². The Bertz CT molecular complexity index is 389. The van der Waals surface area contributed by atoms with Crippen LogP contribution in [0.5, 0.6) is 0 Å². The van der Waals surface area contributed by atoms with Gasteiger partial charge in [0.15, 0.2) is 23.6 Å². The molecular weight excluding hydrogens is 272 g/mol. The van der Waals surface area contributed by atoms with E-state index in [0.717, 1.165) is 27.7 Å². The number of hydrogen-bond donors (Lipinski definition) is 3. The summed E-state index contributed by atoms with van der Waals surface area (Å²) in [4.78, 5) is 46.7. The van der Waals surface area contributed by atoms with Gasteiger partial charge in [-0.3, -0.25) is 14.4 Å². The standard InChI is InChI=1S/C12H18O8/c1-5(9(16)10(17)18)20-11(19)12(6(2)13,7(3)14)8(4)15/h5,9-10,16-18H,1-4H3. The smallest absolute Gasteiger partial charge is 0.335 e. The molecule has 0 saturated heterocycles. The highest BCUT2D eigenvalue weighted by Gasteiger charge is 2.54. The van der Waals surface area contributed by atoms with Crippen molar-refractivity contribution in [3.63, 3.8) is 0 Å². The lowest BCUT2D eigenvalue weighted by Gasteiger charge is -2.27. The molecule has 0 aromatic heterocycles. The van der Waals surface area contributed by atoms with Gasteiger partial charge in [-0.25, -0.2) is 4.79 Å². The molecular formula is C12H18O8. The zero-order valence-electron chi connectivity index (χ0n) is 11.6. The molecule has 0 aliphatic rings. The van der Waals surface area contributed by atoms with Gasteiger partial charge in [-0.15, -0.1) is 0 Å². The maximum atomic E-state index is 12.0. The normalized spacial score (nSPS) is 14.6. The first kappa shape index (κ1) is 18.4. The Balaban J connectivity index is 5.44. The van der Waals surface area contributed by atoms with E-state index >= 15 is 0 Å². The Morgan fingerprint density at radius 1 is 0.900 bits per heavy atom.